The Morgan fingerprint density at radius 2 is 2.00 bits per heavy atom. The predicted octanol–water partition coefficient (Wildman–Crippen LogP) is 2.98. The van der Waals surface area contributed by atoms with Gasteiger partial charge in [0.15, 0.2) is 0 Å². The molecule has 0 saturated carbocycles. The summed E-state index contributed by atoms with van der Waals surface area (Å²) in [5.74, 6) is -0.591. The van der Waals surface area contributed by atoms with E-state index in [2.05, 4.69) is 4.98 Å². The van der Waals surface area contributed by atoms with E-state index in [-0.39, 0.29) is 18.2 Å². The summed E-state index contributed by atoms with van der Waals surface area (Å²) in [5, 5.41) is 9.40. The smallest absolute Gasteiger partial charge is 0.311 e. The molecule has 1 amide bonds. The maximum atomic E-state index is 12.8. The average Bonchev–Trinajstić information content (AvgIpc) is 2.97. The zero-order valence-electron chi connectivity index (χ0n) is 13.8. The highest BCUT2D eigenvalue weighted by atomic mass is 16.4. The topological polar surface area (TPSA) is 83.6 Å². The molecule has 1 aliphatic rings. The Morgan fingerprint density at radius 1 is 1.29 bits per heavy atom. The number of carboxylic acid groups (broad SMARTS) is 1. The molecular formula is C18H20N2O4. The molecule has 1 atom stereocenters. The molecule has 1 aliphatic heterocycles. The molecule has 1 fully saturated rings. The number of carbonyl (C=O) groups is 2. The molecule has 2 heterocycles. The Labute approximate surface area is 140 Å². The van der Waals surface area contributed by atoms with Gasteiger partial charge in [-0.1, -0.05) is 18.2 Å². The van der Waals surface area contributed by atoms with Crippen LogP contribution < -0.4 is 0 Å². The number of aryl methyl sites for hydroxylation is 1. The zero-order valence-corrected chi connectivity index (χ0v) is 13.8. The summed E-state index contributed by atoms with van der Waals surface area (Å²) in [7, 11) is 0. The maximum absolute atomic E-state index is 12.8. The lowest BCUT2D eigenvalue weighted by Crippen LogP contribution is -2.48. The van der Waals surface area contributed by atoms with E-state index in [0.717, 1.165) is 5.56 Å². The largest absolute Gasteiger partial charge is 0.481 e. The number of hydrogen-bond donors (Lipinski definition) is 1. The van der Waals surface area contributed by atoms with Crippen molar-refractivity contribution in [2.45, 2.75) is 26.7 Å². The van der Waals surface area contributed by atoms with Crippen LogP contribution in [0.3, 0.4) is 0 Å². The fourth-order valence-electron chi connectivity index (χ4n) is 3.03. The highest BCUT2D eigenvalue weighted by Gasteiger charge is 2.40. The molecule has 6 nitrogen and oxygen atoms in total. The second-order valence-corrected chi connectivity index (χ2v) is 6.50. The van der Waals surface area contributed by atoms with Gasteiger partial charge in [0.1, 0.15) is 0 Å². The lowest BCUT2D eigenvalue weighted by molar-refractivity contribution is -0.150. The number of carboxylic acids is 1. The molecule has 126 valence electrons. The van der Waals surface area contributed by atoms with E-state index in [1.807, 2.05) is 30.3 Å². The molecule has 0 radical (unpaired) electrons. The van der Waals surface area contributed by atoms with Gasteiger partial charge in [0.25, 0.3) is 5.91 Å². The second-order valence-electron chi connectivity index (χ2n) is 6.50. The SMILES string of the molecule is Cc1nc(-c2ccccc2)oc1C(=O)N1CCCC(C)(C(=O)O)C1. The number of oxazole rings is 1. The molecule has 0 spiro atoms. The van der Waals surface area contributed by atoms with Gasteiger partial charge in [-0.3, -0.25) is 9.59 Å². The molecule has 3 rings (SSSR count). The minimum Gasteiger partial charge on any atom is -0.481 e. The number of piperidine rings is 1. The highest BCUT2D eigenvalue weighted by Crippen LogP contribution is 2.31. The number of amides is 1. The summed E-state index contributed by atoms with van der Waals surface area (Å²) in [4.78, 5) is 30.1. The number of benzene rings is 1. The second kappa shape index (κ2) is 6.11. The van der Waals surface area contributed by atoms with Crippen LogP contribution in [-0.4, -0.2) is 40.0 Å². The van der Waals surface area contributed by atoms with Gasteiger partial charge in [0.05, 0.1) is 11.1 Å². The van der Waals surface area contributed by atoms with E-state index in [9.17, 15) is 14.7 Å². The Bertz CT molecular complexity index is 769. The molecular weight excluding hydrogens is 308 g/mol. The number of aromatic nitrogens is 1. The molecule has 2 aromatic rings. The van der Waals surface area contributed by atoms with Gasteiger partial charge in [-0.05, 0) is 38.8 Å². The van der Waals surface area contributed by atoms with Gasteiger partial charge in [0.2, 0.25) is 11.7 Å². The number of hydrogen-bond acceptors (Lipinski definition) is 4. The van der Waals surface area contributed by atoms with Crippen molar-refractivity contribution >= 4 is 11.9 Å². The van der Waals surface area contributed by atoms with Gasteiger partial charge in [-0.25, -0.2) is 4.98 Å². The minimum absolute atomic E-state index is 0.183. The molecule has 0 aliphatic carbocycles. The van der Waals surface area contributed by atoms with E-state index in [0.29, 0.717) is 31.0 Å². The molecule has 1 aromatic carbocycles. The monoisotopic (exact) mass is 328 g/mol. The Balaban J connectivity index is 1.85. The van der Waals surface area contributed by atoms with Crippen LogP contribution in [0.25, 0.3) is 11.5 Å². The van der Waals surface area contributed by atoms with Gasteiger partial charge < -0.3 is 14.4 Å². The summed E-state index contributed by atoms with van der Waals surface area (Å²) in [6.07, 6.45) is 1.23. The van der Waals surface area contributed by atoms with Crippen molar-refractivity contribution in [2.75, 3.05) is 13.1 Å². The quantitative estimate of drug-likeness (QED) is 0.936. The third-order valence-corrected chi connectivity index (χ3v) is 4.51. The van der Waals surface area contributed by atoms with Gasteiger partial charge >= 0.3 is 5.97 Å². The van der Waals surface area contributed by atoms with Crippen molar-refractivity contribution in [3.05, 3.63) is 41.8 Å². The fourth-order valence-corrected chi connectivity index (χ4v) is 3.03. The van der Waals surface area contributed by atoms with Crippen LogP contribution in [0.2, 0.25) is 0 Å². The summed E-state index contributed by atoms with van der Waals surface area (Å²) in [5.41, 5.74) is 0.402. The first-order valence-electron chi connectivity index (χ1n) is 7.96. The number of aliphatic carboxylic acids is 1. The fraction of sp³-hybridized carbons (Fsp3) is 0.389. The van der Waals surface area contributed by atoms with Gasteiger partial charge in [-0.2, -0.15) is 0 Å². The van der Waals surface area contributed by atoms with E-state index in [1.54, 1.807) is 18.7 Å². The summed E-state index contributed by atoms with van der Waals surface area (Å²) in [6.45, 7) is 4.12. The van der Waals surface area contributed by atoms with Crippen LogP contribution in [-0.2, 0) is 4.79 Å². The molecule has 0 bridgehead atoms. The van der Waals surface area contributed by atoms with Gasteiger partial charge in [0, 0.05) is 18.7 Å². The van der Waals surface area contributed by atoms with Gasteiger partial charge in [-0.15, -0.1) is 0 Å². The lowest BCUT2D eigenvalue weighted by atomic mass is 9.82. The van der Waals surface area contributed by atoms with Crippen molar-refractivity contribution in [1.82, 2.24) is 9.88 Å². The van der Waals surface area contributed by atoms with Crippen molar-refractivity contribution in [3.8, 4) is 11.5 Å². The standard InChI is InChI=1S/C18H20N2O4/c1-12-14(24-15(19-12)13-7-4-3-5-8-13)16(21)20-10-6-9-18(2,11-20)17(22)23/h3-5,7-8H,6,9-11H2,1-2H3,(H,22,23). The predicted molar refractivity (Wildman–Crippen MR) is 87.6 cm³/mol. The number of rotatable bonds is 3. The molecule has 1 N–H and O–H groups in total. The van der Waals surface area contributed by atoms with Crippen LogP contribution in [0.5, 0.6) is 0 Å². The van der Waals surface area contributed by atoms with Crippen LogP contribution in [0.1, 0.15) is 36.0 Å². The zero-order chi connectivity index (χ0) is 17.3. The Kier molecular flexibility index (Phi) is 4.13. The first-order valence-corrected chi connectivity index (χ1v) is 7.96. The van der Waals surface area contributed by atoms with Crippen LogP contribution >= 0.6 is 0 Å². The van der Waals surface area contributed by atoms with Crippen molar-refractivity contribution in [1.29, 1.82) is 0 Å². The molecule has 1 saturated heterocycles. The van der Waals surface area contributed by atoms with E-state index in [4.69, 9.17) is 4.42 Å². The lowest BCUT2D eigenvalue weighted by Gasteiger charge is -2.37. The summed E-state index contributed by atoms with van der Waals surface area (Å²) < 4.78 is 5.69. The molecule has 1 aromatic heterocycles. The van der Waals surface area contributed by atoms with E-state index in [1.165, 1.54) is 0 Å². The number of nitrogens with zero attached hydrogens (tertiary/aromatic N) is 2. The molecule has 1 unspecified atom stereocenters. The van der Waals surface area contributed by atoms with Crippen molar-refractivity contribution in [2.24, 2.45) is 5.41 Å². The van der Waals surface area contributed by atoms with Crippen molar-refractivity contribution in [3.63, 3.8) is 0 Å². The van der Waals surface area contributed by atoms with E-state index >= 15 is 0 Å². The third kappa shape index (κ3) is 2.91. The third-order valence-electron chi connectivity index (χ3n) is 4.51. The number of likely N-dealkylation sites (tertiary alicyclic amines) is 1. The normalized spacial score (nSPS) is 20.8. The molecule has 6 heteroatoms. The highest BCUT2D eigenvalue weighted by molar-refractivity contribution is 5.93. The minimum atomic E-state index is -0.913. The van der Waals surface area contributed by atoms with Crippen LogP contribution in [0, 0.1) is 12.3 Å². The van der Waals surface area contributed by atoms with Crippen molar-refractivity contribution < 1.29 is 19.1 Å². The molecule has 24 heavy (non-hydrogen) atoms. The number of carbonyl (C=O) groups excluding carboxylic acids is 1. The summed E-state index contributed by atoms with van der Waals surface area (Å²) >= 11 is 0. The Morgan fingerprint density at radius 3 is 2.67 bits per heavy atom. The average molecular weight is 328 g/mol. The van der Waals surface area contributed by atoms with Crippen LogP contribution in [0.15, 0.2) is 34.7 Å². The Hall–Kier alpha value is -2.63. The maximum Gasteiger partial charge on any atom is 0.311 e. The first kappa shape index (κ1) is 16.2. The first-order chi connectivity index (χ1) is 11.4. The summed E-state index contributed by atoms with van der Waals surface area (Å²) in [6, 6.07) is 9.37. The van der Waals surface area contributed by atoms with Crippen LogP contribution in [0.4, 0.5) is 0 Å². The van der Waals surface area contributed by atoms with E-state index < -0.39 is 11.4 Å².